The summed E-state index contributed by atoms with van der Waals surface area (Å²) in [4.78, 5) is 27.1. The molecule has 138 valence electrons. The van der Waals surface area contributed by atoms with E-state index in [1.54, 1.807) is 18.0 Å². The van der Waals surface area contributed by atoms with Crippen LogP contribution in [0.5, 0.6) is 0 Å². The number of likely N-dealkylation sites (N-methyl/N-ethyl adjacent to an activating group) is 1. The summed E-state index contributed by atoms with van der Waals surface area (Å²) >= 11 is 6.09. The molecule has 0 saturated heterocycles. The number of amides is 2. The van der Waals surface area contributed by atoms with Crippen LogP contribution in [0, 0.1) is 0 Å². The highest BCUT2D eigenvalue weighted by atomic mass is 35.5. The Balaban J connectivity index is 2.33. The molecule has 5 heteroatoms. The van der Waals surface area contributed by atoms with E-state index in [1.807, 2.05) is 55.5 Å². The molecule has 0 fully saturated rings. The van der Waals surface area contributed by atoms with E-state index < -0.39 is 6.04 Å². The van der Waals surface area contributed by atoms with Crippen molar-refractivity contribution in [3.63, 3.8) is 0 Å². The summed E-state index contributed by atoms with van der Waals surface area (Å²) in [5.74, 6) is -0.197. The van der Waals surface area contributed by atoms with Crippen LogP contribution in [0.15, 0.2) is 54.6 Å². The van der Waals surface area contributed by atoms with Crippen LogP contribution in [0.1, 0.15) is 30.9 Å². The minimum absolute atomic E-state index is 0.0305. The molecule has 1 N–H and O–H groups in total. The van der Waals surface area contributed by atoms with Gasteiger partial charge in [0.15, 0.2) is 0 Å². The zero-order valence-electron chi connectivity index (χ0n) is 15.2. The SMILES string of the molecule is CCCC(=O)N(Cc1cccc(Cl)c1)[C@H](Cc1ccccc1)C(=O)NC. The van der Waals surface area contributed by atoms with Crippen LogP contribution in [-0.4, -0.2) is 29.8 Å². The molecular weight excluding hydrogens is 348 g/mol. The maximum atomic E-state index is 12.8. The molecule has 2 amide bonds. The fourth-order valence-corrected chi connectivity index (χ4v) is 3.12. The number of nitrogens with zero attached hydrogens (tertiary/aromatic N) is 1. The molecule has 0 spiro atoms. The second-order valence-corrected chi connectivity index (χ2v) is 6.66. The van der Waals surface area contributed by atoms with Crippen molar-refractivity contribution in [3.05, 3.63) is 70.7 Å². The Kier molecular flexibility index (Phi) is 7.67. The number of carbonyl (C=O) groups excluding carboxylic acids is 2. The fourth-order valence-electron chi connectivity index (χ4n) is 2.91. The zero-order chi connectivity index (χ0) is 18.9. The van der Waals surface area contributed by atoms with Crippen molar-refractivity contribution >= 4 is 23.4 Å². The van der Waals surface area contributed by atoms with Crippen LogP contribution in [0.2, 0.25) is 5.02 Å². The highest BCUT2D eigenvalue weighted by Gasteiger charge is 2.29. The lowest BCUT2D eigenvalue weighted by Crippen LogP contribution is -2.49. The van der Waals surface area contributed by atoms with Gasteiger partial charge in [0.05, 0.1) is 0 Å². The van der Waals surface area contributed by atoms with Crippen molar-refractivity contribution in [1.29, 1.82) is 0 Å². The summed E-state index contributed by atoms with van der Waals surface area (Å²) in [5, 5.41) is 3.32. The van der Waals surface area contributed by atoms with E-state index in [-0.39, 0.29) is 11.8 Å². The largest absolute Gasteiger partial charge is 0.357 e. The first-order chi connectivity index (χ1) is 12.5. The molecule has 0 aliphatic rings. The minimum atomic E-state index is -0.569. The van der Waals surface area contributed by atoms with Crippen molar-refractivity contribution < 1.29 is 9.59 Å². The van der Waals surface area contributed by atoms with Crippen molar-refractivity contribution in [2.24, 2.45) is 0 Å². The zero-order valence-corrected chi connectivity index (χ0v) is 16.0. The lowest BCUT2D eigenvalue weighted by molar-refractivity contribution is -0.141. The molecule has 0 unspecified atom stereocenters. The van der Waals surface area contributed by atoms with Gasteiger partial charge in [-0.25, -0.2) is 0 Å². The first kappa shape index (κ1) is 20.0. The minimum Gasteiger partial charge on any atom is -0.357 e. The van der Waals surface area contributed by atoms with Gasteiger partial charge in [-0.05, 0) is 29.7 Å². The number of rotatable bonds is 8. The van der Waals surface area contributed by atoms with E-state index >= 15 is 0 Å². The van der Waals surface area contributed by atoms with Gasteiger partial charge in [-0.2, -0.15) is 0 Å². The van der Waals surface area contributed by atoms with E-state index in [1.165, 1.54) is 0 Å². The van der Waals surface area contributed by atoms with Crippen LogP contribution < -0.4 is 5.32 Å². The third kappa shape index (κ3) is 5.60. The van der Waals surface area contributed by atoms with E-state index in [2.05, 4.69) is 5.32 Å². The summed E-state index contributed by atoms with van der Waals surface area (Å²) in [6.45, 7) is 2.31. The van der Waals surface area contributed by atoms with Crippen molar-refractivity contribution in [3.8, 4) is 0 Å². The van der Waals surface area contributed by atoms with E-state index in [0.29, 0.717) is 24.4 Å². The molecule has 4 nitrogen and oxygen atoms in total. The van der Waals surface area contributed by atoms with Gasteiger partial charge in [-0.15, -0.1) is 0 Å². The molecule has 0 aromatic heterocycles. The maximum absolute atomic E-state index is 12.8. The second-order valence-electron chi connectivity index (χ2n) is 6.22. The van der Waals surface area contributed by atoms with Crippen LogP contribution in [0.3, 0.4) is 0 Å². The third-order valence-corrected chi connectivity index (χ3v) is 4.46. The van der Waals surface area contributed by atoms with Gasteiger partial charge in [0.1, 0.15) is 6.04 Å². The van der Waals surface area contributed by atoms with Crippen molar-refractivity contribution in [2.45, 2.75) is 38.8 Å². The Morgan fingerprint density at radius 1 is 1.08 bits per heavy atom. The number of benzene rings is 2. The number of hydrogen-bond donors (Lipinski definition) is 1. The maximum Gasteiger partial charge on any atom is 0.242 e. The predicted octanol–water partition coefficient (Wildman–Crippen LogP) is 3.83. The number of hydrogen-bond acceptors (Lipinski definition) is 2. The molecule has 0 aliphatic carbocycles. The normalized spacial score (nSPS) is 11.7. The van der Waals surface area contributed by atoms with Crippen LogP contribution in [-0.2, 0) is 22.6 Å². The van der Waals surface area contributed by atoms with Crippen LogP contribution in [0.25, 0.3) is 0 Å². The summed E-state index contributed by atoms with van der Waals surface area (Å²) in [7, 11) is 1.60. The van der Waals surface area contributed by atoms with Gasteiger partial charge in [0.25, 0.3) is 0 Å². The molecule has 1 atom stereocenters. The Labute approximate surface area is 160 Å². The molecule has 0 saturated carbocycles. The highest BCUT2D eigenvalue weighted by molar-refractivity contribution is 6.30. The van der Waals surface area contributed by atoms with Crippen LogP contribution >= 0.6 is 11.6 Å². The summed E-state index contributed by atoms with van der Waals surface area (Å²) in [6, 6.07) is 16.6. The van der Waals surface area contributed by atoms with Crippen molar-refractivity contribution in [1.82, 2.24) is 10.2 Å². The van der Waals surface area contributed by atoms with Crippen LogP contribution in [0.4, 0.5) is 0 Å². The topological polar surface area (TPSA) is 49.4 Å². The quantitative estimate of drug-likeness (QED) is 0.765. The van der Waals surface area contributed by atoms with Crippen molar-refractivity contribution in [2.75, 3.05) is 7.05 Å². The standard InChI is InChI=1S/C21H25ClN2O2/c1-3-8-20(25)24(15-17-11-7-12-18(22)13-17)19(21(26)23-2)14-16-9-5-4-6-10-16/h4-7,9-13,19H,3,8,14-15H2,1-2H3,(H,23,26)/t19-/m1/s1. The first-order valence-electron chi connectivity index (χ1n) is 8.84. The monoisotopic (exact) mass is 372 g/mol. The number of carbonyl (C=O) groups is 2. The van der Waals surface area contributed by atoms with E-state index in [0.717, 1.165) is 17.5 Å². The van der Waals surface area contributed by atoms with E-state index in [4.69, 9.17) is 11.6 Å². The Morgan fingerprint density at radius 3 is 2.38 bits per heavy atom. The molecule has 26 heavy (non-hydrogen) atoms. The predicted molar refractivity (Wildman–Crippen MR) is 105 cm³/mol. The number of nitrogens with one attached hydrogen (secondary N) is 1. The molecule has 2 rings (SSSR count). The molecule has 2 aromatic carbocycles. The van der Waals surface area contributed by atoms with Gasteiger partial charge in [0.2, 0.25) is 11.8 Å². The summed E-state index contributed by atoms with van der Waals surface area (Å²) in [6.07, 6.45) is 1.61. The highest BCUT2D eigenvalue weighted by Crippen LogP contribution is 2.18. The fraction of sp³-hybridized carbons (Fsp3) is 0.333. The Morgan fingerprint density at radius 2 is 1.77 bits per heavy atom. The molecule has 0 heterocycles. The van der Waals surface area contributed by atoms with Gasteiger partial charge in [-0.1, -0.05) is 61.0 Å². The lowest BCUT2D eigenvalue weighted by Gasteiger charge is -2.31. The molecule has 0 aliphatic heterocycles. The number of halogens is 1. The smallest absolute Gasteiger partial charge is 0.242 e. The first-order valence-corrected chi connectivity index (χ1v) is 9.22. The average molecular weight is 373 g/mol. The lowest BCUT2D eigenvalue weighted by atomic mass is 10.0. The second kappa shape index (κ2) is 9.97. The summed E-state index contributed by atoms with van der Waals surface area (Å²) < 4.78 is 0. The summed E-state index contributed by atoms with van der Waals surface area (Å²) in [5.41, 5.74) is 1.92. The average Bonchev–Trinajstić information content (AvgIpc) is 2.65. The van der Waals surface area contributed by atoms with Gasteiger partial charge >= 0.3 is 0 Å². The molecule has 0 radical (unpaired) electrons. The molecule has 0 bridgehead atoms. The Hall–Kier alpha value is -2.33. The third-order valence-electron chi connectivity index (χ3n) is 4.22. The molecule has 2 aromatic rings. The van der Waals surface area contributed by atoms with Gasteiger partial charge in [0, 0.05) is 31.5 Å². The Bertz CT molecular complexity index is 734. The van der Waals surface area contributed by atoms with E-state index in [9.17, 15) is 9.59 Å². The van der Waals surface area contributed by atoms with Gasteiger partial charge in [-0.3, -0.25) is 9.59 Å². The molecular formula is C21H25ClN2O2. The van der Waals surface area contributed by atoms with Gasteiger partial charge < -0.3 is 10.2 Å².